The average molecular weight is 214 g/mol. The zero-order chi connectivity index (χ0) is 11.5. The van der Waals surface area contributed by atoms with Crippen molar-refractivity contribution in [3.8, 4) is 5.88 Å². The number of para-hydroxylation sites is 1. The first kappa shape index (κ1) is 10.5. The summed E-state index contributed by atoms with van der Waals surface area (Å²) < 4.78 is 1.75. The Morgan fingerprint density at radius 1 is 1.44 bits per heavy atom. The van der Waals surface area contributed by atoms with Crippen molar-refractivity contribution in [2.45, 2.75) is 0 Å². The van der Waals surface area contributed by atoms with Crippen molar-refractivity contribution in [3.63, 3.8) is 0 Å². The van der Waals surface area contributed by atoms with Gasteiger partial charge in [0.2, 0.25) is 5.88 Å². The zero-order valence-corrected chi connectivity index (χ0v) is 9.22. The average Bonchev–Trinajstić information content (AvgIpc) is 2.55. The summed E-state index contributed by atoms with van der Waals surface area (Å²) in [6, 6.07) is 7.85. The first-order valence-electron chi connectivity index (χ1n) is 5.12. The number of nitrogens with zero attached hydrogens (tertiary/aromatic N) is 2. The van der Waals surface area contributed by atoms with Crippen LogP contribution in [0.2, 0.25) is 0 Å². The predicted octanol–water partition coefficient (Wildman–Crippen LogP) is 2.49. The van der Waals surface area contributed by atoms with Gasteiger partial charge in [-0.15, -0.1) is 6.58 Å². The number of aromatic nitrogens is 1. The van der Waals surface area contributed by atoms with Gasteiger partial charge in [-0.3, -0.25) is 4.99 Å². The minimum absolute atomic E-state index is 0.244. The minimum atomic E-state index is 0.244. The second kappa shape index (κ2) is 4.23. The SMILES string of the molecule is C=CCN=Cc1c(O)n(C)c2ccccc12. The number of benzene rings is 1. The highest BCUT2D eigenvalue weighted by atomic mass is 16.3. The van der Waals surface area contributed by atoms with Crippen molar-refractivity contribution in [3.05, 3.63) is 42.5 Å². The molecule has 0 saturated carbocycles. The molecule has 3 nitrogen and oxygen atoms in total. The fraction of sp³-hybridized carbons (Fsp3) is 0.154. The van der Waals surface area contributed by atoms with E-state index in [0.717, 1.165) is 16.5 Å². The molecule has 1 aromatic carbocycles. The maximum absolute atomic E-state index is 9.97. The Morgan fingerprint density at radius 2 is 2.19 bits per heavy atom. The summed E-state index contributed by atoms with van der Waals surface area (Å²) in [5.41, 5.74) is 1.76. The summed E-state index contributed by atoms with van der Waals surface area (Å²) in [5, 5.41) is 11.0. The highest BCUT2D eigenvalue weighted by Crippen LogP contribution is 2.28. The molecule has 0 atom stereocenters. The van der Waals surface area contributed by atoms with Gasteiger partial charge < -0.3 is 9.67 Å². The third-order valence-corrected chi connectivity index (χ3v) is 2.57. The van der Waals surface area contributed by atoms with Crippen LogP contribution in [0.25, 0.3) is 10.9 Å². The van der Waals surface area contributed by atoms with Crippen molar-refractivity contribution in [2.24, 2.45) is 12.0 Å². The van der Waals surface area contributed by atoms with Crippen molar-refractivity contribution in [1.29, 1.82) is 0 Å². The van der Waals surface area contributed by atoms with E-state index in [2.05, 4.69) is 11.6 Å². The lowest BCUT2D eigenvalue weighted by atomic mass is 10.2. The molecular formula is C13H14N2O. The first-order valence-corrected chi connectivity index (χ1v) is 5.12. The van der Waals surface area contributed by atoms with Crippen LogP contribution >= 0.6 is 0 Å². The molecule has 0 bridgehead atoms. The fourth-order valence-electron chi connectivity index (χ4n) is 1.75. The summed E-state index contributed by atoms with van der Waals surface area (Å²) >= 11 is 0. The van der Waals surface area contributed by atoms with E-state index in [-0.39, 0.29) is 5.88 Å². The monoisotopic (exact) mass is 214 g/mol. The Bertz CT molecular complexity index is 552. The second-order valence-corrected chi connectivity index (χ2v) is 3.60. The minimum Gasteiger partial charge on any atom is -0.494 e. The highest BCUT2D eigenvalue weighted by Gasteiger charge is 2.11. The number of aryl methyl sites for hydroxylation is 1. The predicted molar refractivity (Wildman–Crippen MR) is 67.2 cm³/mol. The van der Waals surface area contributed by atoms with Crippen LogP contribution in [0.5, 0.6) is 5.88 Å². The lowest BCUT2D eigenvalue weighted by Crippen LogP contribution is -1.86. The van der Waals surface area contributed by atoms with Gasteiger partial charge in [0.25, 0.3) is 0 Å². The highest BCUT2D eigenvalue weighted by molar-refractivity contribution is 6.02. The van der Waals surface area contributed by atoms with Gasteiger partial charge in [0.05, 0.1) is 17.6 Å². The van der Waals surface area contributed by atoms with Crippen LogP contribution in [0.15, 0.2) is 41.9 Å². The number of aromatic hydroxyl groups is 1. The maximum atomic E-state index is 9.97. The van der Waals surface area contributed by atoms with Gasteiger partial charge in [0.1, 0.15) is 0 Å². The molecule has 0 amide bonds. The van der Waals surface area contributed by atoms with Crippen LogP contribution in [0.3, 0.4) is 0 Å². The lowest BCUT2D eigenvalue weighted by Gasteiger charge is -1.95. The van der Waals surface area contributed by atoms with Gasteiger partial charge in [0.15, 0.2) is 0 Å². The molecule has 1 aromatic heterocycles. The van der Waals surface area contributed by atoms with E-state index in [0.29, 0.717) is 6.54 Å². The molecule has 2 rings (SSSR count). The van der Waals surface area contributed by atoms with Gasteiger partial charge in [-0.2, -0.15) is 0 Å². The molecule has 0 saturated heterocycles. The van der Waals surface area contributed by atoms with Crippen molar-refractivity contribution < 1.29 is 5.11 Å². The first-order chi connectivity index (χ1) is 7.75. The van der Waals surface area contributed by atoms with Crippen LogP contribution in [0.1, 0.15) is 5.56 Å². The van der Waals surface area contributed by atoms with Gasteiger partial charge in [-0.05, 0) is 6.07 Å². The van der Waals surface area contributed by atoms with Crippen molar-refractivity contribution in [2.75, 3.05) is 6.54 Å². The molecule has 0 unspecified atom stereocenters. The molecule has 0 aliphatic heterocycles. The molecule has 0 spiro atoms. The molecule has 1 heterocycles. The number of hydrogen-bond acceptors (Lipinski definition) is 2. The van der Waals surface area contributed by atoms with Crippen LogP contribution in [-0.4, -0.2) is 22.4 Å². The van der Waals surface area contributed by atoms with E-state index in [4.69, 9.17) is 0 Å². The van der Waals surface area contributed by atoms with Crippen LogP contribution in [-0.2, 0) is 7.05 Å². The smallest absolute Gasteiger partial charge is 0.200 e. The van der Waals surface area contributed by atoms with Crippen LogP contribution in [0.4, 0.5) is 0 Å². The normalized spacial score (nSPS) is 11.3. The Hall–Kier alpha value is -2.03. The maximum Gasteiger partial charge on any atom is 0.200 e. The van der Waals surface area contributed by atoms with Crippen molar-refractivity contribution >= 4 is 17.1 Å². The van der Waals surface area contributed by atoms with E-state index >= 15 is 0 Å². The van der Waals surface area contributed by atoms with E-state index in [1.807, 2.05) is 31.3 Å². The quantitative estimate of drug-likeness (QED) is 0.618. The van der Waals surface area contributed by atoms with Gasteiger partial charge >= 0.3 is 0 Å². The van der Waals surface area contributed by atoms with Crippen LogP contribution in [0, 0.1) is 0 Å². The Kier molecular flexibility index (Phi) is 2.77. The zero-order valence-electron chi connectivity index (χ0n) is 9.22. The number of aliphatic imine (C=N–C) groups is 1. The molecule has 16 heavy (non-hydrogen) atoms. The van der Waals surface area contributed by atoms with E-state index in [9.17, 15) is 5.11 Å². The Morgan fingerprint density at radius 3 is 2.94 bits per heavy atom. The molecule has 0 radical (unpaired) electrons. The largest absolute Gasteiger partial charge is 0.494 e. The van der Waals surface area contributed by atoms with E-state index in [1.54, 1.807) is 16.9 Å². The number of hydrogen-bond donors (Lipinski definition) is 1. The summed E-state index contributed by atoms with van der Waals surface area (Å²) in [6.07, 6.45) is 3.41. The van der Waals surface area contributed by atoms with Gasteiger partial charge in [0, 0.05) is 18.6 Å². The molecule has 3 heteroatoms. The summed E-state index contributed by atoms with van der Waals surface area (Å²) in [6.45, 7) is 4.16. The van der Waals surface area contributed by atoms with Crippen LogP contribution < -0.4 is 0 Å². The van der Waals surface area contributed by atoms with Gasteiger partial charge in [-0.1, -0.05) is 24.3 Å². The van der Waals surface area contributed by atoms with Gasteiger partial charge in [-0.25, -0.2) is 0 Å². The summed E-state index contributed by atoms with van der Waals surface area (Å²) in [7, 11) is 1.84. The number of rotatable bonds is 3. The lowest BCUT2D eigenvalue weighted by molar-refractivity contribution is 0.434. The molecule has 0 fully saturated rings. The van der Waals surface area contributed by atoms with E-state index < -0.39 is 0 Å². The Balaban J connectivity index is 2.59. The Labute approximate surface area is 94.4 Å². The number of fused-ring (bicyclic) bond motifs is 1. The molecular weight excluding hydrogens is 200 g/mol. The fourth-order valence-corrected chi connectivity index (χ4v) is 1.75. The third kappa shape index (κ3) is 1.60. The van der Waals surface area contributed by atoms with E-state index in [1.165, 1.54) is 0 Å². The molecule has 0 aliphatic rings. The molecule has 2 aromatic rings. The molecule has 0 aliphatic carbocycles. The summed E-state index contributed by atoms with van der Waals surface area (Å²) in [4.78, 5) is 4.17. The topological polar surface area (TPSA) is 37.5 Å². The standard InChI is InChI=1S/C13H14N2O/c1-3-8-14-9-11-10-6-4-5-7-12(10)15(2)13(11)16/h3-7,9,16H,1,8H2,2H3. The molecule has 82 valence electrons. The second-order valence-electron chi connectivity index (χ2n) is 3.60. The molecule has 1 N–H and O–H groups in total. The summed E-state index contributed by atoms with van der Waals surface area (Å²) in [5.74, 6) is 0.244. The third-order valence-electron chi connectivity index (χ3n) is 2.57. The van der Waals surface area contributed by atoms with Crippen molar-refractivity contribution in [1.82, 2.24) is 4.57 Å².